The van der Waals surface area contributed by atoms with Crippen molar-refractivity contribution in [3.05, 3.63) is 23.9 Å². The Morgan fingerprint density at radius 2 is 2.41 bits per heavy atom. The predicted octanol–water partition coefficient (Wildman–Crippen LogP) is 1.81. The Kier molecular flexibility index (Phi) is 3.99. The van der Waals surface area contributed by atoms with E-state index in [1.165, 1.54) is 0 Å². The van der Waals surface area contributed by atoms with Crippen molar-refractivity contribution in [2.75, 3.05) is 11.4 Å². The SMILES string of the molecule is CCc1[c-]cc(N2CCC3CC3C2=O)nc1.[Y]. The van der Waals surface area contributed by atoms with E-state index in [-0.39, 0.29) is 38.6 Å². The Labute approximate surface area is 127 Å². The number of carbonyl (C=O) groups is 1. The van der Waals surface area contributed by atoms with Gasteiger partial charge in [-0.15, -0.1) is 11.6 Å². The van der Waals surface area contributed by atoms with Crippen LogP contribution in [0.2, 0.25) is 0 Å². The molecule has 0 bridgehead atoms. The van der Waals surface area contributed by atoms with Gasteiger partial charge in [-0.3, -0.25) is 4.79 Å². The molecule has 2 unspecified atom stereocenters. The number of fused-ring (bicyclic) bond motifs is 1. The van der Waals surface area contributed by atoms with Crippen LogP contribution in [0.15, 0.2) is 12.3 Å². The van der Waals surface area contributed by atoms with Crippen molar-refractivity contribution < 1.29 is 37.5 Å². The molecule has 3 nitrogen and oxygen atoms in total. The van der Waals surface area contributed by atoms with Crippen molar-refractivity contribution in [3.63, 3.8) is 0 Å². The molecule has 2 atom stereocenters. The van der Waals surface area contributed by atoms with Gasteiger partial charge in [0, 0.05) is 51.0 Å². The van der Waals surface area contributed by atoms with Gasteiger partial charge in [-0.2, -0.15) is 6.07 Å². The van der Waals surface area contributed by atoms with Crippen LogP contribution in [0, 0.1) is 17.9 Å². The van der Waals surface area contributed by atoms with Gasteiger partial charge in [0.25, 0.3) is 0 Å². The molecule has 17 heavy (non-hydrogen) atoms. The zero-order valence-corrected chi connectivity index (χ0v) is 12.9. The van der Waals surface area contributed by atoms with E-state index in [0.717, 1.165) is 37.2 Å². The third kappa shape index (κ3) is 2.46. The maximum Gasteiger partial charge on any atom is 0.220 e. The molecule has 3 rings (SSSR count). The molecule has 1 aliphatic carbocycles. The number of anilines is 1. The molecule has 87 valence electrons. The average molecular weight is 304 g/mol. The molecule has 2 heterocycles. The molecule has 1 aromatic rings. The Hall–Kier alpha value is -0.276. The minimum absolute atomic E-state index is 0. The molecular formula is C13H15N2OY-. The van der Waals surface area contributed by atoms with Crippen molar-refractivity contribution >= 4 is 11.7 Å². The summed E-state index contributed by atoms with van der Waals surface area (Å²) in [5.41, 5.74) is 1.09. The van der Waals surface area contributed by atoms with Gasteiger partial charge in [-0.25, -0.2) is 0 Å². The van der Waals surface area contributed by atoms with E-state index in [1.54, 1.807) is 0 Å². The number of rotatable bonds is 2. The summed E-state index contributed by atoms with van der Waals surface area (Å²) in [5.74, 6) is 2.00. The number of aryl methyl sites for hydroxylation is 1. The summed E-state index contributed by atoms with van der Waals surface area (Å²) < 4.78 is 0. The Balaban J connectivity index is 0.00000108. The Morgan fingerprint density at radius 3 is 3.06 bits per heavy atom. The molecule has 2 aliphatic rings. The molecule has 1 aromatic heterocycles. The first-order valence-corrected chi connectivity index (χ1v) is 5.97. The third-order valence-electron chi connectivity index (χ3n) is 3.63. The van der Waals surface area contributed by atoms with Crippen molar-refractivity contribution in [1.29, 1.82) is 0 Å². The standard InChI is InChI=1S/C13H15N2O.Y/c1-2-9-3-4-12(14-8-9)15-6-5-10-7-11(10)13(15)16;/h4,8,10-11H,2,5-7H2,1H3;/q-1;. The van der Waals surface area contributed by atoms with E-state index in [0.29, 0.717) is 11.8 Å². The van der Waals surface area contributed by atoms with E-state index in [1.807, 2.05) is 17.2 Å². The molecule has 4 heteroatoms. The van der Waals surface area contributed by atoms with Crippen LogP contribution in [-0.2, 0) is 43.9 Å². The molecule has 0 aromatic carbocycles. The van der Waals surface area contributed by atoms with Crippen LogP contribution in [0.4, 0.5) is 5.82 Å². The first-order chi connectivity index (χ1) is 7.79. The van der Waals surface area contributed by atoms with Crippen molar-refractivity contribution in [2.24, 2.45) is 11.8 Å². The van der Waals surface area contributed by atoms with Crippen molar-refractivity contribution in [2.45, 2.75) is 26.2 Å². The minimum Gasteiger partial charge on any atom is -0.367 e. The number of nitrogens with zero attached hydrogens (tertiary/aromatic N) is 2. The number of aromatic nitrogens is 1. The number of hydrogen-bond donors (Lipinski definition) is 0. The van der Waals surface area contributed by atoms with Gasteiger partial charge in [0.15, 0.2) is 0 Å². The molecule has 0 N–H and O–H groups in total. The van der Waals surface area contributed by atoms with E-state index in [2.05, 4.69) is 18.0 Å². The minimum atomic E-state index is 0. The normalized spacial score (nSPS) is 26.2. The fourth-order valence-electron chi connectivity index (χ4n) is 2.42. The monoisotopic (exact) mass is 304 g/mol. The summed E-state index contributed by atoms with van der Waals surface area (Å²) in [6.07, 6.45) is 4.98. The second-order valence-corrected chi connectivity index (χ2v) is 4.66. The summed E-state index contributed by atoms with van der Waals surface area (Å²) in [7, 11) is 0. The summed E-state index contributed by atoms with van der Waals surface area (Å²) in [4.78, 5) is 18.2. The van der Waals surface area contributed by atoms with Gasteiger partial charge in [-0.1, -0.05) is 19.5 Å². The maximum atomic E-state index is 12.0. The van der Waals surface area contributed by atoms with Gasteiger partial charge >= 0.3 is 0 Å². The van der Waals surface area contributed by atoms with Crippen molar-refractivity contribution in [1.82, 2.24) is 4.98 Å². The Morgan fingerprint density at radius 1 is 1.59 bits per heavy atom. The van der Waals surface area contributed by atoms with Gasteiger partial charge in [0.1, 0.15) is 0 Å². The van der Waals surface area contributed by atoms with Gasteiger partial charge in [-0.05, 0) is 18.8 Å². The predicted molar refractivity (Wildman–Crippen MR) is 61.0 cm³/mol. The van der Waals surface area contributed by atoms with Crippen molar-refractivity contribution in [3.8, 4) is 0 Å². The second kappa shape index (κ2) is 5.15. The fraction of sp³-hybridized carbons (Fsp3) is 0.538. The molecule has 2 fully saturated rings. The van der Waals surface area contributed by atoms with Crippen LogP contribution in [-0.4, -0.2) is 17.4 Å². The number of pyridine rings is 1. The molecule has 1 saturated carbocycles. The molecule has 1 amide bonds. The fourth-order valence-corrected chi connectivity index (χ4v) is 2.42. The Bertz CT molecular complexity index is 418. The van der Waals surface area contributed by atoms with E-state index < -0.39 is 0 Å². The zero-order valence-electron chi connectivity index (χ0n) is 10.0. The van der Waals surface area contributed by atoms with Crippen LogP contribution < -0.4 is 4.90 Å². The summed E-state index contributed by atoms with van der Waals surface area (Å²) >= 11 is 0. The number of carbonyl (C=O) groups excluding carboxylic acids is 1. The molecular weight excluding hydrogens is 289 g/mol. The van der Waals surface area contributed by atoms with E-state index >= 15 is 0 Å². The smallest absolute Gasteiger partial charge is 0.220 e. The van der Waals surface area contributed by atoms with Gasteiger partial charge in [0.05, 0.1) is 0 Å². The third-order valence-corrected chi connectivity index (χ3v) is 3.63. The number of hydrogen-bond acceptors (Lipinski definition) is 2. The second-order valence-electron chi connectivity index (χ2n) is 4.66. The van der Waals surface area contributed by atoms with Crippen LogP contribution in [0.5, 0.6) is 0 Å². The quantitative estimate of drug-likeness (QED) is 0.781. The summed E-state index contributed by atoms with van der Waals surface area (Å²) in [6, 6.07) is 5.02. The maximum absolute atomic E-state index is 12.0. The molecule has 0 spiro atoms. The van der Waals surface area contributed by atoms with E-state index in [4.69, 9.17) is 0 Å². The van der Waals surface area contributed by atoms with Gasteiger partial charge in [0.2, 0.25) is 5.91 Å². The average Bonchev–Trinajstić information content (AvgIpc) is 3.10. The first kappa shape index (κ1) is 13.2. The van der Waals surface area contributed by atoms with Crippen LogP contribution in [0.3, 0.4) is 0 Å². The first-order valence-electron chi connectivity index (χ1n) is 5.97. The van der Waals surface area contributed by atoms with Crippen LogP contribution >= 0.6 is 0 Å². The molecule has 1 aliphatic heterocycles. The van der Waals surface area contributed by atoms with Crippen LogP contribution in [0.25, 0.3) is 0 Å². The number of amides is 1. The zero-order chi connectivity index (χ0) is 11.1. The summed E-state index contributed by atoms with van der Waals surface area (Å²) in [6.45, 7) is 2.90. The van der Waals surface area contributed by atoms with E-state index in [9.17, 15) is 4.79 Å². The molecule has 1 radical (unpaired) electrons. The topological polar surface area (TPSA) is 33.2 Å². The summed E-state index contributed by atoms with van der Waals surface area (Å²) in [5, 5.41) is 0. The van der Waals surface area contributed by atoms with Crippen LogP contribution in [0.1, 0.15) is 25.3 Å². The molecule has 1 saturated heterocycles. The largest absolute Gasteiger partial charge is 0.367 e. The van der Waals surface area contributed by atoms with Gasteiger partial charge < -0.3 is 9.88 Å². The number of piperidine rings is 1.